The van der Waals surface area contributed by atoms with Crippen LogP contribution < -0.4 is 10.1 Å². The number of carbonyl (C=O) groups excluding carboxylic acids is 1. The summed E-state index contributed by atoms with van der Waals surface area (Å²) in [6.45, 7) is 0.736. The van der Waals surface area contributed by atoms with Crippen molar-refractivity contribution in [2.75, 3.05) is 13.2 Å². The predicted octanol–water partition coefficient (Wildman–Crippen LogP) is 5.28. The number of carbonyl (C=O) groups is 1. The third-order valence-electron chi connectivity index (χ3n) is 4.91. The normalized spacial score (nSPS) is 10.7. The number of hydrogen-bond acceptors (Lipinski definition) is 4. The van der Waals surface area contributed by atoms with E-state index in [4.69, 9.17) is 9.15 Å². The Morgan fingerprint density at radius 1 is 0.938 bits per heavy atom. The van der Waals surface area contributed by atoms with Crippen molar-refractivity contribution in [3.8, 4) is 28.2 Å². The molecule has 5 nitrogen and oxygen atoms in total. The van der Waals surface area contributed by atoms with Crippen molar-refractivity contribution in [3.05, 3.63) is 96.8 Å². The minimum atomic E-state index is -0.373. The lowest BCUT2D eigenvalue weighted by molar-refractivity contribution is -0.121. The van der Waals surface area contributed by atoms with Crippen molar-refractivity contribution >= 4 is 5.91 Å². The number of aryl methyl sites for hydroxylation is 1. The summed E-state index contributed by atoms with van der Waals surface area (Å²) < 4.78 is 25.3. The second-order valence-electron chi connectivity index (χ2n) is 7.16. The lowest BCUT2D eigenvalue weighted by Gasteiger charge is -2.12. The van der Waals surface area contributed by atoms with Crippen LogP contribution in [0.1, 0.15) is 12.3 Å². The number of rotatable bonds is 9. The number of para-hydroxylation sites is 1. The van der Waals surface area contributed by atoms with E-state index in [1.165, 1.54) is 12.3 Å². The van der Waals surface area contributed by atoms with Crippen LogP contribution in [-0.2, 0) is 11.2 Å². The van der Waals surface area contributed by atoms with Gasteiger partial charge in [-0.3, -0.25) is 4.79 Å². The van der Waals surface area contributed by atoms with Crippen molar-refractivity contribution in [1.82, 2.24) is 10.3 Å². The van der Waals surface area contributed by atoms with Crippen molar-refractivity contribution in [2.24, 2.45) is 0 Å². The molecule has 0 aliphatic rings. The van der Waals surface area contributed by atoms with Crippen LogP contribution in [0.25, 0.3) is 22.5 Å². The molecule has 0 spiro atoms. The zero-order valence-electron chi connectivity index (χ0n) is 17.5. The first-order valence-electron chi connectivity index (χ1n) is 10.4. The molecule has 0 saturated carbocycles. The van der Waals surface area contributed by atoms with Crippen LogP contribution >= 0.6 is 0 Å². The summed E-state index contributed by atoms with van der Waals surface area (Å²) in [7, 11) is 0. The molecule has 1 aromatic heterocycles. The second-order valence-corrected chi connectivity index (χ2v) is 7.16. The van der Waals surface area contributed by atoms with Crippen molar-refractivity contribution in [2.45, 2.75) is 12.8 Å². The van der Waals surface area contributed by atoms with Crippen LogP contribution in [0.3, 0.4) is 0 Å². The molecule has 1 heterocycles. The predicted molar refractivity (Wildman–Crippen MR) is 121 cm³/mol. The lowest BCUT2D eigenvalue weighted by atomic mass is 10.1. The summed E-state index contributed by atoms with van der Waals surface area (Å²) in [6.07, 6.45) is 2.03. The van der Waals surface area contributed by atoms with Crippen molar-refractivity contribution in [1.29, 1.82) is 0 Å². The molecule has 0 radical (unpaired) electrons. The van der Waals surface area contributed by atoms with Gasteiger partial charge in [-0.05, 0) is 23.8 Å². The van der Waals surface area contributed by atoms with Gasteiger partial charge in [-0.1, -0.05) is 60.7 Å². The van der Waals surface area contributed by atoms with E-state index in [0.29, 0.717) is 36.8 Å². The molecule has 1 N–H and O–H groups in total. The Bertz CT molecular complexity index is 1170. The van der Waals surface area contributed by atoms with Gasteiger partial charge in [0.05, 0.1) is 18.3 Å². The minimum absolute atomic E-state index is 0.129. The lowest BCUT2D eigenvalue weighted by Crippen LogP contribution is -2.28. The summed E-state index contributed by atoms with van der Waals surface area (Å²) in [4.78, 5) is 16.3. The number of nitrogens with zero attached hydrogens (tertiary/aromatic N) is 1. The fourth-order valence-electron chi connectivity index (χ4n) is 3.32. The number of nitrogens with one attached hydrogen (secondary N) is 1. The highest BCUT2D eigenvalue weighted by molar-refractivity contribution is 5.76. The summed E-state index contributed by atoms with van der Waals surface area (Å²) in [5.41, 5.74) is 2.44. The molecule has 0 aliphatic heterocycles. The van der Waals surface area contributed by atoms with Gasteiger partial charge < -0.3 is 14.5 Å². The maximum Gasteiger partial charge on any atom is 0.220 e. The number of benzene rings is 3. The first-order chi connectivity index (χ1) is 15.7. The molecule has 0 fully saturated rings. The molecule has 32 heavy (non-hydrogen) atoms. The molecule has 4 aromatic rings. The van der Waals surface area contributed by atoms with Gasteiger partial charge in [0.15, 0.2) is 11.7 Å². The zero-order valence-corrected chi connectivity index (χ0v) is 17.5. The topological polar surface area (TPSA) is 64.4 Å². The molecular formula is C26H23FN2O3. The molecule has 4 rings (SSSR count). The average molecular weight is 430 g/mol. The number of hydrogen-bond donors (Lipinski definition) is 1. The quantitative estimate of drug-likeness (QED) is 0.367. The van der Waals surface area contributed by atoms with Crippen molar-refractivity contribution in [3.63, 3.8) is 0 Å². The number of amides is 1. The molecule has 162 valence electrons. The Hall–Kier alpha value is -3.93. The van der Waals surface area contributed by atoms with Crippen molar-refractivity contribution < 1.29 is 18.3 Å². The van der Waals surface area contributed by atoms with Crippen LogP contribution in [0.2, 0.25) is 0 Å². The molecule has 0 unspecified atom stereocenters. The fourth-order valence-corrected chi connectivity index (χ4v) is 3.32. The molecule has 3 aromatic carbocycles. The van der Waals surface area contributed by atoms with Gasteiger partial charge in [0.2, 0.25) is 5.91 Å². The molecule has 0 saturated heterocycles. The number of aromatic nitrogens is 1. The Kier molecular flexibility index (Phi) is 6.92. The first kappa shape index (κ1) is 21.3. The number of halogens is 1. The maximum absolute atomic E-state index is 13.9. The Labute approximate surface area is 185 Å². The summed E-state index contributed by atoms with van der Waals surface area (Å²) in [5, 5.41) is 2.84. The third kappa shape index (κ3) is 5.40. The largest absolute Gasteiger partial charge is 0.491 e. The summed E-state index contributed by atoms with van der Waals surface area (Å²) >= 11 is 0. The zero-order chi connectivity index (χ0) is 22.2. The minimum Gasteiger partial charge on any atom is -0.491 e. The maximum atomic E-state index is 13.9. The van der Waals surface area contributed by atoms with Crippen LogP contribution in [0.4, 0.5) is 4.39 Å². The van der Waals surface area contributed by atoms with E-state index in [0.717, 1.165) is 16.9 Å². The number of oxazole rings is 1. The van der Waals surface area contributed by atoms with Crippen LogP contribution in [0.5, 0.6) is 5.75 Å². The van der Waals surface area contributed by atoms with Crippen LogP contribution in [0.15, 0.2) is 89.5 Å². The second kappa shape index (κ2) is 10.4. The van der Waals surface area contributed by atoms with Gasteiger partial charge in [-0.2, -0.15) is 0 Å². The first-order valence-corrected chi connectivity index (χ1v) is 10.4. The van der Waals surface area contributed by atoms with E-state index in [9.17, 15) is 9.18 Å². The van der Waals surface area contributed by atoms with Gasteiger partial charge >= 0.3 is 0 Å². The highest BCUT2D eigenvalue weighted by atomic mass is 19.1. The summed E-state index contributed by atoms with van der Waals surface area (Å²) in [6, 6.07) is 24.2. The highest BCUT2D eigenvalue weighted by Gasteiger charge is 2.12. The van der Waals surface area contributed by atoms with Gasteiger partial charge in [-0.25, -0.2) is 9.37 Å². The van der Waals surface area contributed by atoms with Gasteiger partial charge in [0, 0.05) is 18.4 Å². The molecule has 0 bridgehead atoms. The average Bonchev–Trinajstić information content (AvgIpc) is 3.30. The highest BCUT2D eigenvalue weighted by Crippen LogP contribution is 2.29. The molecule has 0 atom stereocenters. The Morgan fingerprint density at radius 3 is 2.47 bits per heavy atom. The Balaban J connectivity index is 1.23. The Morgan fingerprint density at radius 2 is 1.66 bits per heavy atom. The van der Waals surface area contributed by atoms with E-state index in [-0.39, 0.29) is 18.1 Å². The van der Waals surface area contributed by atoms with E-state index < -0.39 is 0 Å². The van der Waals surface area contributed by atoms with Crippen LogP contribution in [-0.4, -0.2) is 24.0 Å². The summed E-state index contributed by atoms with van der Waals surface area (Å²) in [5.74, 6) is 1.02. The van der Waals surface area contributed by atoms with E-state index in [1.54, 1.807) is 18.2 Å². The van der Waals surface area contributed by atoms with E-state index in [2.05, 4.69) is 10.3 Å². The van der Waals surface area contributed by atoms with Crippen LogP contribution in [0, 0.1) is 5.82 Å². The van der Waals surface area contributed by atoms with Gasteiger partial charge in [-0.15, -0.1) is 0 Å². The monoisotopic (exact) mass is 430 g/mol. The van der Waals surface area contributed by atoms with E-state index in [1.807, 2.05) is 54.6 Å². The fraction of sp³-hybridized carbons (Fsp3) is 0.154. The third-order valence-corrected chi connectivity index (χ3v) is 4.91. The SMILES string of the molecule is O=C(CCc1ncc(-c2ccccc2F)o1)NCCOc1ccccc1-c1ccccc1. The number of ether oxygens (including phenoxy) is 1. The molecular weight excluding hydrogens is 407 g/mol. The van der Waals surface area contributed by atoms with Gasteiger partial charge in [0.25, 0.3) is 0 Å². The molecule has 6 heteroatoms. The standard InChI is InChI=1S/C26H23FN2O3/c27-22-12-6-4-11-21(22)24-18-29-26(32-24)15-14-25(30)28-16-17-31-23-13-7-5-10-20(23)19-8-2-1-3-9-19/h1-13,18H,14-17H2,(H,28,30). The molecule has 1 amide bonds. The van der Waals surface area contributed by atoms with E-state index >= 15 is 0 Å². The smallest absolute Gasteiger partial charge is 0.220 e. The molecule has 0 aliphatic carbocycles. The van der Waals surface area contributed by atoms with Gasteiger partial charge in [0.1, 0.15) is 18.2 Å².